The van der Waals surface area contributed by atoms with Gasteiger partial charge < -0.3 is 4.42 Å². The van der Waals surface area contributed by atoms with Crippen molar-refractivity contribution in [1.29, 1.82) is 0 Å². The molecule has 2 nitrogen and oxygen atoms in total. The molecule has 0 fully saturated rings. The number of thiophene rings is 1. The van der Waals surface area contributed by atoms with Crippen LogP contribution in [0.15, 0.2) is 132 Å². The fourth-order valence-corrected chi connectivity index (χ4v) is 7.41. The highest BCUT2D eigenvalue weighted by Gasteiger charge is 2.17. The van der Waals surface area contributed by atoms with E-state index in [2.05, 4.69) is 115 Å². The Balaban J connectivity index is 1.39. The van der Waals surface area contributed by atoms with Crippen molar-refractivity contribution in [3.63, 3.8) is 0 Å². The summed E-state index contributed by atoms with van der Waals surface area (Å²) in [5.74, 6) is 0. The first-order chi connectivity index (χ1) is 19.8. The molecule has 6 aromatic carbocycles. The Labute approximate surface area is 233 Å². The Kier molecular flexibility index (Phi) is 4.52. The summed E-state index contributed by atoms with van der Waals surface area (Å²) in [7, 11) is 0. The molecule has 0 N–H and O–H groups in total. The molecule has 0 saturated carbocycles. The fourth-order valence-electron chi connectivity index (χ4n) is 6.17. The summed E-state index contributed by atoms with van der Waals surface area (Å²) in [4.78, 5) is 5.39. The molecular formula is C37H21NOS. The van der Waals surface area contributed by atoms with Gasteiger partial charge in [0.25, 0.3) is 0 Å². The number of para-hydroxylation sites is 1. The van der Waals surface area contributed by atoms with Crippen LogP contribution in [0.2, 0.25) is 0 Å². The van der Waals surface area contributed by atoms with Crippen LogP contribution < -0.4 is 0 Å². The molecule has 0 unspecified atom stereocenters. The Hall–Kier alpha value is -4.99. The lowest BCUT2D eigenvalue weighted by molar-refractivity contribution is 0.669. The van der Waals surface area contributed by atoms with Crippen LogP contribution in [-0.2, 0) is 0 Å². The minimum Gasteiger partial charge on any atom is -0.456 e. The van der Waals surface area contributed by atoms with E-state index in [1.54, 1.807) is 0 Å². The summed E-state index contributed by atoms with van der Waals surface area (Å²) in [5, 5.41) is 8.49. The maximum Gasteiger partial charge on any atom is 0.136 e. The number of aromatic nitrogens is 1. The average molecular weight is 528 g/mol. The van der Waals surface area contributed by atoms with E-state index in [4.69, 9.17) is 9.40 Å². The Morgan fingerprint density at radius 3 is 2.20 bits per heavy atom. The molecule has 0 aliphatic carbocycles. The van der Waals surface area contributed by atoms with Crippen LogP contribution in [0, 0.1) is 0 Å². The molecule has 9 rings (SSSR count). The Morgan fingerprint density at radius 2 is 1.27 bits per heavy atom. The van der Waals surface area contributed by atoms with Gasteiger partial charge in [0, 0.05) is 41.9 Å². The normalized spacial score (nSPS) is 12.0. The summed E-state index contributed by atoms with van der Waals surface area (Å²) in [6.45, 7) is 0. The van der Waals surface area contributed by atoms with Crippen LogP contribution in [0.3, 0.4) is 0 Å². The average Bonchev–Trinajstić information content (AvgIpc) is 3.59. The van der Waals surface area contributed by atoms with Crippen molar-refractivity contribution in [2.45, 2.75) is 0 Å². The highest BCUT2D eigenvalue weighted by atomic mass is 32.1. The number of furan rings is 1. The number of nitrogens with zero attached hydrogens (tertiary/aromatic N) is 1. The standard InChI is InChI=1S/C37H21NOS/c1-2-8-22(9-3-1)30-21-31(24-15-16-27-26-12-6-7-13-32(26)39-33(27)20-24)38-36-28(30)18-19-34-35(36)29-17-14-23-10-4-5-11-25(23)37(29)40-34/h1-21H. The third-order valence-corrected chi connectivity index (χ3v) is 9.27. The summed E-state index contributed by atoms with van der Waals surface area (Å²) >= 11 is 1.86. The number of benzene rings is 6. The van der Waals surface area contributed by atoms with Gasteiger partial charge in [-0.3, -0.25) is 0 Å². The molecule has 0 bridgehead atoms. The van der Waals surface area contributed by atoms with Gasteiger partial charge in [0.15, 0.2) is 0 Å². The van der Waals surface area contributed by atoms with Gasteiger partial charge in [-0.05, 0) is 52.2 Å². The van der Waals surface area contributed by atoms with Crippen molar-refractivity contribution >= 4 is 75.1 Å². The van der Waals surface area contributed by atoms with Crippen LogP contribution in [0.1, 0.15) is 0 Å². The first-order valence-corrected chi connectivity index (χ1v) is 14.3. The number of pyridine rings is 1. The minimum absolute atomic E-state index is 0.882. The van der Waals surface area contributed by atoms with Gasteiger partial charge in [-0.2, -0.15) is 0 Å². The van der Waals surface area contributed by atoms with E-state index in [9.17, 15) is 0 Å². The van der Waals surface area contributed by atoms with Crippen molar-refractivity contribution < 1.29 is 4.42 Å². The van der Waals surface area contributed by atoms with Gasteiger partial charge in [-0.1, -0.05) is 97.1 Å². The number of hydrogen-bond acceptors (Lipinski definition) is 3. The van der Waals surface area contributed by atoms with Crippen molar-refractivity contribution in [3.8, 4) is 22.4 Å². The van der Waals surface area contributed by atoms with Crippen LogP contribution in [-0.4, -0.2) is 4.98 Å². The molecule has 0 atom stereocenters. The van der Waals surface area contributed by atoms with Gasteiger partial charge in [0.2, 0.25) is 0 Å². The van der Waals surface area contributed by atoms with E-state index in [0.717, 1.165) is 38.7 Å². The smallest absolute Gasteiger partial charge is 0.136 e. The zero-order valence-electron chi connectivity index (χ0n) is 21.4. The maximum absolute atomic E-state index is 6.25. The fraction of sp³-hybridized carbons (Fsp3) is 0. The van der Waals surface area contributed by atoms with Crippen molar-refractivity contribution in [2.24, 2.45) is 0 Å². The summed E-state index contributed by atoms with van der Waals surface area (Å²) in [6.07, 6.45) is 0. The van der Waals surface area contributed by atoms with E-state index < -0.39 is 0 Å². The molecule has 0 aliphatic rings. The molecule has 3 heteroatoms. The van der Waals surface area contributed by atoms with Crippen molar-refractivity contribution in [2.75, 3.05) is 0 Å². The second-order valence-corrected chi connectivity index (χ2v) is 11.4. The topological polar surface area (TPSA) is 26.0 Å². The molecule has 0 radical (unpaired) electrons. The molecular weight excluding hydrogens is 506 g/mol. The van der Waals surface area contributed by atoms with Crippen molar-refractivity contribution in [3.05, 3.63) is 127 Å². The SMILES string of the molecule is c1ccc(-c2cc(-c3ccc4c(c3)oc3ccccc34)nc3c2ccc2sc4c5ccccc5ccc4c23)cc1. The van der Waals surface area contributed by atoms with E-state index in [1.165, 1.54) is 47.5 Å². The number of fused-ring (bicyclic) bond motifs is 10. The lowest BCUT2D eigenvalue weighted by Crippen LogP contribution is -1.91. The predicted molar refractivity (Wildman–Crippen MR) is 170 cm³/mol. The monoisotopic (exact) mass is 527 g/mol. The van der Waals surface area contributed by atoms with E-state index in [-0.39, 0.29) is 0 Å². The van der Waals surface area contributed by atoms with Crippen LogP contribution in [0.4, 0.5) is 0 Å². The highest BCUT2D eigenvalue weighted by molar-refractivity contribution is 7.26. The third-order valence-electron chi connectivity index (χ3n) is 8.06. The molecule has 3 aromatic heterocycles. The Morgan fingerprint density at radius 1 is 0.525 bits per heavy atom. The van der Waals surface area contributed by atoms with E-state index in [1.807, 2.05) is 23.5 Å². The molecule has 0 amide bonds. The molecule has 40 heavy (non-hydrogen) atoms. The zero-order valence-corrected chi connectivity index (χ0v) is 22.2. The van der Waals surface area contributed by atoms with Gasteiger partial charge in [-0.15, -0.1) is 11.3 Å². The molecule has 186 valence electrons. The number of hydrogen-bond donors (Lipinski definition) is 0. The van der Waals surface area contributed by atoms with E-state index >= 15 is 0 Å². The van der Waals surface area contributed by atoms with Crippen molar-refractivity contribution in [1.82, 2.24) is 4.98 Å². The lowest BCUT2D eigenvalue weighted by Gasteiger charge is -2.12. The zero-order chi connectivity index (χ0) is 26.2. The third kappa shape index (κ3) is 3.13. The molecule has 3 heterocycles. The molecule has 0 spiro atoms. The quantitative estimate of drug-likeness (QED) is 0.223. The predicted octanol–water partition coefficient (Wildman–Crippen LogP) is 11.0. The summed E-state index contributed by atoms with van der Waals surface area (Å²) in [6, 6.07) is 45.2. The van der Waals surface area contributed by atoms with E-state index in [0.29, 0.717) is 0 Å². The second kappa shape index (κ2) is 8.25. The van der Waals surface area contributed by atoms with Gasteiger partial charge in [0.05, 0.1) is 11.2 Å². The molecule has 0 saturated heterocycles. The first kappa shape index (κ1) is 21.9. The Bertz CT molecular complexity index is 2430. The molecule has 9 aromatic rings. The largest absolute Gasteiger partial charge is 0.456 e. The number of rotatable bonds is 2. The van der Waals surface area contributed by atoms with Gasteiger partial charge >= 0.3 is 0 Å². The summed E-state index contributed by atoms with van der Waals surface area (Å²) in [5.41, 5.74) is 7.20. The van der Waals surface area contributed by atoms with Crippen LogP contribution >= 0.6 is 11.3 Å². The van der Waals surface area contributed by atoms with Gasteiger partial charge in [0.1, 0.15) is 11.2 Å². The minimum atomic E-state index is 0.882. The second-order valence-electron chi connectivity index (χ2n) is 10.3. The van der Waals surface area contributed by atoms with Gasteiger partial charge in [-0.25, -0.2) is 4.98 Å². The summed E-state index contributed by atoms with van der Waals surface area (Å²) < 4.78 is 8.82. The van der Waals surface area contributed by atoms with Crippen LogP contribution in [0.25, 0.3) is 86.2 Å². The maximum atomic E-state index is 6.25. The highest BCUT2D eigenvalue weighted by Crippen LogP contribution is 2.44. The lowest BCUT2D eigenvalue weighted by atomic mass is 9.96. The molecule has 0 aliphatic heterocycles. The first-order valence-electron chi connectivity index (χ1n) is 13.5. The van der Waals surface area contributed by atoms with Crippen LogP contribution in [0.5, 0.6) is 0 Å².